The van der Waals surface area contributed by atoms with E-state index in [1.54, 1.807) is 0 Å². The normalized spacial score (nSPS) is 10.3. The maximum Gasteiger partial charge on any atom is 0.244 e. The van der Waals surface area contributed by atoms with E-state index in [0.29, 0.717) is 12.8 Å². The molecule has 0 fully saturated rings. The van der Waals surface area contributed by atoms with Crippen LogP contribution < -0.4 is 21.7 Å². The quantitative estimate of drug-likeness (QED) is 0.148. The minimum atomic E-state index is -0.768. The smallest absolute Gasteiger partial charge is 0.244 e. The highest BCUT2D eigenvalue weighted by Gasteiger charge is 2.20. The molecule has 39 heavy (non-hydrogen) atoms. The number of nitrogens with one attached hydrogen (secondary N) is 3. The zero-order valence-corrected chi connectivity index (χ0v) is 23.7. The van der Waals surface area contributed by atoms with Crippen LogP contribution in [0.15, 0.2) is 84.9 Å². The summed E-state index contributed by atoms with van der Waals surface area (Å²) in [5.41, 5.74) is 7.54. The molecular formula is C32H42N4O3. The molecule has 3 amide bonds. The van der Waals surface area contributed by atoms with Crippen LogP contribution in [0.3, 0.4) is 0 Å². The topological polar surface area (TPSA) is 113 Å². The summed E-state index contributed by atoms with van der Waals surface area (Å²) in [6.07, 6.45) is 0.806. The fourth-order valence-electron chi connectivity index (χ4n) is 3.68. The molecule has 0 aliphatic heterocycles. The van der Waals surface area contributed by atoms with E-state index >= 15 is 0 Å². The average molecular weight is 531 g/mol. The second-order valence-corrected chi connectivity index (χ2v) is 8.10. The third kappa shape index (κ3) is 11.4. The second kappa shape index (κ2) is 18.9. The van der Waals surface area contributed by atoms with Gasteiger partial charge in [-0.3, -0.25) is 14.4 Å². The third-order valence-corrected chi connectivity index (χ3v) is 5.44. The molecule has 1 unspecified atom stereocenters. The SMILES string of the molecule is CC.CC.Cc1ccc2ccccc2c1.NCC(=O)NC(Cc1ccc2ccccc2c1)C(=O)NCNC=O. The molecule has 0 saturated carbocycles. The van der Waals surface area contributed by atoms with Crippen LogP contribution in [-0.2, 0) is 20.8 Å². The van der Waals surface area contributed by atoms with E-state index in [1.165, 1.54) is 16.3 Å². The van der Waals surface area contributed by atoms with Gasteiger partial charge in [0.15, 0.2) is 0 Å². The van der Waals surface area contributed by atoms with Crippen LogP contribution >= 0.6 is 0 Å². The fourth-order valence-corrected chi connectivity index (χ4v) is 3.68. The fraction of sp³-hybridized carbons (Fsp3) is 0.281. The first-order valence-corrected chi connectivity index (χ1v) is 13.4. The van der Waals surface area contributed by atoms with Gasteiger partial charge < -0.3 is 21.7 Å². The van der Waals surface area contributed by atoms with Gasteiger partial charge in [0.25, 0.3) is 0 Å². The van der Waals surface area contributed by atoms with Crippen molar-refractivity contribution in [3.8, 4) is 0 Å². The summed E-state index contributed by atoms with van der Waals surface area (Å²) < 4.78 is 0. The van der Waals surface area contributed by atoms with Crippen LogP contribution in [0.4, 0.5) is 0 Å². The van der Waals surface area contributed by atoms with Gasteiger partial charge in [-0.15, -0.1) is 0 Å². The van der Waals surface area contributed by atoms with Gasteiger partial charge in [-0.2, -0.15) is 0 Å². The van der Waals surface area contributed by atoms with Crippen molar-refractivity contribution in [2.24, 2.45) is 5.73 Å². The summed E-state index contributed by atoms with van der Waals surface area (Å²) in [7, 11) is 0. The van der Waals surface area contributed by atoms with Gasteiger partial charge in [-0.1, -0.05) is 118 Å². The van der Waals surface area contributed by atoms with Gasteiger partial charge in [0.2, 0.25) is 18.2 Å². The van der Waals surface area contributed by atoms with Crippen molar-refractivity contribution in [1.82, 2.24) is 16.0 Å². The van der Waals surface area contributed by atoms with Crippen molar-refractivity contribution in [3.05, 3.63) is 96.1 Å². The van der Waals surface area contributed by atoms with Crippen molar-refractivity contribution in [2.45, 2.75) is 47.1 Å². The molecule has 208 valence electrons. The van der Waals surface area contributed by atoms with Gasteiger partial charge in [0.05, 0.1) is 13.2 Å². The molecule has 7 heteroatoms. The van der Waals surface area contributed by atoms with E-state index in [4.69, 9.17) is 5.73 Å². The predicted octanol–water partition coefficient (Wildman–Crippen LogP) is 4.85. The molecule has 4 rings (SSSR count). The van der Waals surface area contributed by atoms with Crippen LogP contribution in [0.2, 0.25) is 0 Å². The number of rotatable bonds is 8. The van der Waals surface area contributed by atoms with E-state index in [1.807, 2.05) is 70.2 Å². The number of amides is 3. The molecule has 0 spiro atoms. The third-order valence-electron chi connectivity index (χ3n) is 5.44. The van der Waals surface area contributed by atoms with Gasteiger partial charge in [0, 0.05) is 6.42 Å². The number of fused-ring (bicyclic) bond motifs is 2. The zero-order chi connectivity index (χ0) is 29.0. The number of aryl methyl sites for hydroxylation is 1. The summed E-state index contributed by atoms with van der Waals surface area (Å²) in [4.78, 5) is 34.0. The first kappa shape index (κ1) is 32.8. The van der Waals surface area contributed by atoms with E-state index in [-0.39, 0.29) is 19.1 Å². The van der Waals surface area contributed by atoms with E-state index in [2.05, 4.69) is 65.3 Å². The maximum absolute atomic E-state index is 12.2. The summed E-state index contributed by atoms with van der Waals surface area (Å²) in [5, 5.41) is 12.3. The lowest BCUT2D eigenvalue weighted by molar-refractivity contribution is -0.128. The first-order valence-electron chi connectivity index (χ1n) is 13.4. The first-order chi connectivity index (χ1) is 19.0. The van der Waals surface area contributed by atoms with Crippen LogP contribution in [-0.4, -0.2) is 37.5 Å². The van der Waals surface area contributed by atoms with E-state index < -0.39 is 11.9 Å². The van der Waals surface area contributed by atoms with E-state index in [9.17, 15) is 14.4 Å². The molecule has 4 aromatic rings. The highest BCUT2D eigenvalue weighted by molar-refractivity contribution is 5.89. The Morgan fingerprint density at radius 2 is 1.33 bits per heavy atom. The lowest BCUT2D eigenvalue weighted by Gasteiger charge is -2.18. The minimum Gasteiger partial charge on any atom is -0.343 e. The largest absolute Gasteiger partial charge is 0.343 e. The molecule has 0 heterocycles. The van der Waals surface area contributed by atoms with Crippen LogP contribution in [0.1, 0.15) is 38.8 Å². The summed E-state index contributed by atoms with van der Waals surface area (Å²) in [5.74, 6) is -0.807. The molecule has 0 aliphatic rings. The molecule has 5 N–H and O–H groups in total. The van der Waals surface area contributed by atoms with Gasteiger partial charge in [-0.05, 0) is 34.0 Å². The van der Waals surface area contributed by atoms with Gasteiger partial charge in [0.1, 0.15) is 6.04 Å². The molecular weight excluding hydrogens is 488 g/mol. The average Bonchev–Trinajstić information content (AvgIpc) is 2.99. The lowest BCUT2D eigenvalue weighted by atomic mass is 10.0. The summed E-state index contributed by atoms with van der Waals surface area (Å²) >= 11 is 0. The Morgan fingerprint density at radius 3 is 1.90 bits per heavy atom. The highest BCUT2D eigenvalue weighted by atomic mass is 16.2. The minimum absolute atomic E-state index is 0.00491. The number of hydrogen-bond donors (Lipinski definition) is 4. The number of carbonyl (C=O) groups excluding carboxylic acids is 3. The second-order valence-electron chi connectivity index (χ2n) is 8.10. The van der Waals surface area contributed by atoms with Crippen LogP contribution in [0.5, 0.6) is 0 Å². The Labute approximate surface area is 232 Å². The van der Waals surface area contributed by atoms with Crippen molar-refractivity contribution >= 4 is 39.8 Å². The number of benzene rings is 4. The van der Waals surface area contributed by atoms with Crippen molar-refractivity contribution in [3.63, 3.8) is 0 Å². The summed E-state index contributed by atoms with van der Waals surface area (Å²) in [6.45, 7) is 9.91. The number of hydrogen-bond acceptors (Lipinski definition) is 4. The molecule has 0 aliphatic carbocycles. The molecule has 0 aromatic heterocycles. The number of carbonyl (C=O) groups is 3. The lowest BCUT2D eigenvalue weighted by Crippen LogP contribution is -2.51. The number of nitrogens with two attached hydrogens (primary N) is 1. The zero-order valence-electron chi connectivity index (χ0n) is 23.7. The Balaban J connectivity index is 0.000000419. The molecule has 0 saturated heterocycles. The van der Waals surface area contributed by atoms with Gasteiger partial charge in [-0.25, -0.2) is 0 Å². The maximum atomic E-state index is 12.2. The summed E-state index contributed by atoms with van der Waals surface area (Å²) in [6, 6.07) is 27.9. The van der Waals surface area contributed by atoms with E-state index in [0.717, 1.165) is 16.3 Å². The van der Waals surface area contributed by atoms with Crippen LogP contribution in [0, 0.1) is 6.92 Å². The Bertz CT molecular complexity index is 1310. The van der Waals surface area contributed by atoms with Gasteiger partial charge >= 0.3 is 0 Å². The standard InChI is InChI=1S/C17H20N4O3.C11H10.2C2H6/c18-9-16(23)21-15(17(24)20-10-19-11-22)8-12-5-6-13-3-1-2-4-14(13)7-12;1-9-6-7-10-4-2-3-5-11(10)8-9;2*1-2/h1-7,11,15H,8-10,18H2,(H,19,22)(H,20,24)(H,21,23);2-8H,1H3;2*1-2H3. The molecule has 4 aromatic carbocycles. The molecule has 1 atom stereocenters. The Hall–Kier alpha value is -4.23. The molecule has 0 radical (unpaired) electrons. The Morgan fingerprint density at radius 1 is 0.795 bits per heavy atom. The monoisotopic (exact) mass is 530 g/mol. The van der Waals surface area contributed by atoms with Crippen LogP contribution in [0.25, 0.3) is 21.5 Å². The molecule has 0 bridgehead atoms. The predicted molar refractivity (Wildman–Crippen MR) is 162 cm³/mol. The van der Waals surface area contributed by atoms with Crippen molar-refractivity contribution in [1.29, 1.82) is 0 Å². The van der Waals surface area contributed by atoms with Crippen molar-refractivity contribution < 1.29 is 14.4 Å². The highest BCUT2D eigenvalue weighted by Crippen LogP contribution is 2.17. The molecule has 7 nitrogen and oxygen atoms in total. The van der Waals surface area contributed by atoms with Crippen molar-refractivity contribution in [2.75, 3.05) is 13.2 Å². The Kier molecular flexibility index (Phi) is 15.9.